The Morgan fingerprint density at radius 1 is 0.464 bits per heavy atom. The molecule has 0 spiro atoms. The summed E-state index contributed by atoms with van der Waals surface area (Å²) in [7, 11) is 17.9. The molecule has 15 unspecified atom stereocenters. The van der Waals surface area contributed by atoms with Crippen LogP contribution in [0.4, 0.5) is 0 Å². The van der Waals surface area contributed by atoms with Crippen molar-refractivity contribution in [3.05, 3.63) is 0 Å². The number of amides is 1. The van der Waals surface area contributed by atoms with Gasteiger partial charge in [0.25, 0.3) is 5.91 Å². The molecule has 19 aliphatic rings. The van der Waals surface area contributed by atoms with Crippen molar-refractivity contribution in [1.29, 1.82) is 0 Å². The second-order valence-corrected chi connectivity index (χ2v) is 50.3. The third-order valence-electron chi connectivity index (χ3n) is 30.8. The van der Waals surface area contributed by atoms with Gasteiger partial charge in [0.05, 0.1) is 145 Å². The molecule has 0 aromatic rings. The van der Waals surface area contributed by atoms with E-state index in [1.807, 2.05) is 46.4 Å². The van der Waals surface area contributed by atoms with Crippen LogP contribution in [-0.4, -0.2) is 435 Å². The summed E-state index contributed by atoms with van der Waals surface area (Å²) < 4.78 is 216. The molecule has 40 nitrogen and oxygen atoms in total. The van der Waals surface area contributed by atoms with Crippen LogP contribution in [0.15, 0.2) is 0 Å². The smallest absolute Gasteiger partial charge is 0.325 e. The van der Waals surface area contributed by atoms with Gasteiger partial charge in [-0.05, 0) is 104 Å². The Labute approximate surface area is 863 Å². The average molecular weight is 2180 g/mol. The minimum Gasteiger partial charge on any atom is -0.779 e. The number of rotatable bonds is 31. The minimum atomic E-state index is -3.81. The van der Waals surface area contributed by atoms with E-state index >= 15 is 0 Å². The topological polar surface area (TPSA) is 466 Å². The Hall–Kier alpha value is 1.01. The van der Waals surface area contributed by atoms with E-state index in [1.165, 1.54) is 27.1 Å². The van der Waals surface area contributed by atoms with Gasteiger partial charge in [-0.1, -0.05) is 41.5 Å². The number of carbonyl (C=O) groups excluding carboxylic acids is 1. The van der Waals surface area contributed by atoms with Crippen molar-refractivity contribution in [2.24, 2.45) is 29.6 Å². The zero-order chi connectivity index (χ0) is 103. The monoisotopic (exact) mass is 2180 g/mol. The van der Waals surface area contributed by atoms with Crippen molar-refractivity contribution in [2.45, 2.75) is 349 Å². The van der Waals surface area contributed by atoms with Gasteiger partial charge in [-0.2, -0.15) is 11.8 Å². The van der Waals surface area contributed by atoms with E-state index in [9.17, 15) is 47.2 Å². The molecule has 0 aromatic heterocycles. The first kappa shape index (κ1) is 123. The Morgan fingerprint density at radius 2 is 0.871 bits per heavy atom. The predicted octanol–water partition coefficient (Wildman–Crippen LogP) is 6.20. The third kappa shape index (κ3) is 27.4. The number of ether oxygens (including phenoxy) is 24. The maximum atomic E-state index is 12.7. The third-order valence-corrected chi connectivity index (χ3v) is 35.6. The van der Waals surface area contributed by atoms with Gasteiger partial charge in [-0.3, -0.25) is 36.6 Å². The van der Waals surface area contributed by atoms with E-state index < -0.39 is 103 Å². The van der Waals surface area contributed by atoms with Crippen molar-refractivity contribution in [3.8, 4) is 0 Å². The summed E-state index contributed by atoms with van der Waals surface area (Å²) in [6.45, 7) is 36.4. The zero-order valence-corrected chi connectivity index (χ0v) is 94.4. The summed E-state index contributed by atoms with van der Waals surface area (Å²) in [5.74, 6) is 3.73. The fourth-order valence-corrected chi connectivity index (χ4v) is 29.6. The predicted molar refractivity (Wildman–Crippen MR) is 511 cm³/mol. The number of hydrogen-bond acceptors (Lipinski definition) is 37. The summed E-state index contributed by atoms with van der Waals surface area (Å²) in [6, 6.07) is -0.853. The molecule has 51 heteroatoms. The molecule has 2 aliphatic carbocycles. The maximum absolute atomic E-state index is 12.7. The fourth-order valence-electron chi connectivity index (χ4n) is 24.1. The Morgan fingerprint density at radius 3 is 1.26 bits per heavy atom. The maximum Gasteiger partial charge on any atom is 0.325 e. The molecular formula is C89H157B4NO39P5SY-. The zero-order valence-electron chi connectivity index (χ0n) is 86.1. The second-order valence-electron chi connectivity index (χ2n) is 40.7. The van der Waals surface area contributed by atoms with Crippen molar-refractivity contribution in [1.82, 2.24) is 5.32 Å². The summed E-state index contributed by atoms with van der Waals surface area (Å²) in [5, 5.41) is 3.44. The molecule has 140 heavy (non-hydrogen) atoms. The standard InChI is InChI=1S/C17H29NO7.C10H19O4P.C9H16BO6P.C9H15BO2.C9H15BO.3C9H17O6P.C8H13BOS.Y/c1-10-7-12(13(24-10)8-20-3)22-6-5-18-16(19)17-9-23-14(11(2)25-17)15(17)21-4;1-7-8-4-5-10(13-7,6-12-2)9(8)14-15(3)11;1-13-5-9-3-4-14-6(8(10)15-9)7(9)16-17(2,11)12;1-3-9-4-5-11-7(6(9)2)8(10)12-9;1-3-9-5-4-7(6(9)2)8(10)11-9;3*1-6-7-8(15-16(3,10)11)9(14-6,4-12-2)5-13-7;1-3-8-4-11-6(5(8)2)7(9)10-8;/h10-15H,5-9H2,1-4H3,(H,18,19);7-9,15H,4-6H2,1-3H3;6-8H,3-5H2,1-2H3,(H,11,12);6-8H,3-5H2,1-2H3;6-8H,3-5H2,1-2H3;3*6-8H,4-5H2,1-3H3,(H,10,11);5-7H,3-4H2,1-2H3;/p-1/t10-,11-,12?,13+,14+,15?,17-;7-,8+,9?,10+;6-,7?,8+,9+;2*6?,7-,8+,9-;6-,7+,8?,9-;6-,7-,8?,9+;6-,7-,8+,9?;5?,6-,7+,8-;/m000000000./s1. The van der Waals surface area contributed by atoms with Crippen molar-refractivity contribution >= 4 is 87.5 Å². The molecule has 4 N–H and O–H groups in total. The van der Waals surface area contributed by atoms with Gasteiger partial charge in [0.15, 0.2) is 13.6 Å². The Balaban J connectivity index is 0.000000164. The van der Waals surface area contributed by atoms with Crippen molar-refractivity contribution in [3.63, 3.8) is 0 Å². The average Bonchev–Trinajstić information content (AvgIpc) is 1.96. The minimum absolute atomic E-state index is 0. The van der Waals surface area contributed by atoms with Gasteiger partial charge in [0, 0.05) is 195 Å². The first-order chi connectivity index (χ1) is 65.2. The first-order valence-corrected chi connectivity index (χ1v) is 59.7. The molecule has 19 fully saturated rings. The van der Waals surface area contributed by atoms with E-state index in [0.29, 0.717) is 107 Å². The van der Waals surface area contributed by atoms with Crippen LogP contribution in [0.3, 0.4) is 0 Å². The number of hydrogen-bond donors (Lipinski definition) is 4. The SMILES string of the molecule is COCC12CO[C@@H]([C@H](C)O1)[C@H]2OP(C)(=O)O.COC[C@@]12CO[C@H](C1OP(C)(=O)O)[C@H](C)O2.COC[C@H]1O[C@@H](C)CC1OCCNC(=O)[C@]12CO[C@@H](C1OC)[C@H](C)O2.COC[C@]12CC[C@@H](C1O[PH](C)=O)[C@H](C)O2.COC[C@]12CO[C@@H](C1OP(C)(=O)[O-])[C@H](C)O2.[B][C@@H]1O[C@@]2(CC)CCO[C@H]1C2C.[B][C@@H]1O[C@@]2(CC)CC[C@H]1C2C.[B][C@@H]1O[C@@]2(CC)CS[C@H]1C2C.[B][C@@H]1O[C@@]2(COC)CCO[C@H]1C2OP(C)(=O)O.[Y]. The molecule has 44 atom stereocenters. The summed E-state index contributed by atoms with van der Waals surface area (Å²) in [5.41, 5.74) is -4.15. The molecule has 799 valence electrons. The van der Waals surface area contributed by atoms with Crippen LogP contribution in [0.5, 0.6) is 0 Å². The van der Waals surface area contributed by atoms with E-state index in [1.54, 1.807) is 42.2 Å². The number of thioether (sulfide) groups is 1. The van der Waals surface area contributed by atoms with Gasteiger partial charge >= 0.3 is 22.8 Å². The number of methoxy groups -OCH3 is 7. The largest absolute Gasteiger partial charge is 0.779 e. The fraction of sp³-hybridized carbons (Fsp3) is 0.989. The molecule has 17 aliphatic heterocycles. The van der Waals surface area contributed by atoms with Gasteiger partial charge in [-0.25, -0.2) is 0 Å². The number of fused-ring (bicyclic) bond motifs is 18. The molecule has 2 saturated carbocycles. The first-order valence-electron chi connectivity index (χ1n) is 48.8. The molecule has 18 bridgehead atoms. The molecule has 17 saturated heterocycles. The number of nitrogens with one attached hydrogen (secondary N) is 1. The van der Waals surface area contributed by atoms with Crippen LogP contribution >= 0.6 is 50.2 Å². The van der Waals surface area contributed by atoms with Crippen molar-refractivity contribution < 1.29 is 216 Å². The Kier molecular flexibility index (Phi) is 44.5. The van der Waals surface area contributed by atoms with Crippen molar-refractivity contribution in [2.75, 3.05) is 181 Å². The molecule has 17 heterocycles. The molecule has 9 radical (unpaired) electrons. The molecule has 0 aromatic carbocycles. The quantitative estimate of drug-likeness (QED) is 0.0341. The summed E-state index contributed by atoms with van der Waals surface area (Å²) in [4.78, 5) is 51.8. The molecule has 19 rings (SSSR count). The van der Waals surface area contributed by atoms with E-state index in [2.05, 4.69) is 53.8 Å². The van der Waals surface area contributed by atoms with Gasteiger partial charge in [-0.15, -0.1) is 0 Å². The van der Waals surface area contributed by atoms with E-state index in [-0.39, 0.29) is 190 Å². The Bertz CT molecular complexity index is 3970. The van der Waals surface area contributed by atoms with E-state index in [4.69, 9.17) is 168 Å². The van der Waals surface area contributed by atoms with Crippen LogP contribution in [0.1, 0.15) is 147 Å². The van der Waals surface area contributed by atoms with Crippen LogP contribution in [0, 0.1) is 29.6 Å². The van der Waals surface area contributed by atoms with E-state index in [0.717, 1.165) is 84.0 Å². The second kappa shape index (κ2) is 50.7. The number of carbonyl (C=O) groups is 1. The van der Waals surface area contributed by atoms with Crippen LogP contribution < -0.4 is 10.2 Å². The normalized spacial score (nSPS) is 46.9. The summed E-state index contributed by atoms with van der Waals surface area (Å²) in [6.07, 6.45) is 5.49. The van der Waals surface area contributed by atoms with Gasteiger partial charge in [0.1, 0.15) is 140 Å². The van der Waals surface area contributed by atoms with Gasteiger partial charge in [0.2, 0.25) is 0 Å². The summed E-state index contributed by atoms with van der Waals surface area (Å²) >= 11 is 1.98. The molecular weight excluding hydrogens is 2030 g/mol. The van der Waals surface area contributed by atoms with Crippen LogP contribution in [0.25, 0.3) is 0 Å². The van der Waals surface area contributed by atoms with Crippen LogP contribution in [0.2, 0.25) is 0 Å². The molecule has 1 amide bonds. The van der Waals surface area contributed by atoms with Crippen LogP contribution in [-0.2, 0) is 197 Å². The van der Waals surface area contributed by atoms with Gasteiger partial charge < -0.3 is 152 Å².